The van der Waals surface area contributed by atoms with E-state index in [1.165, 1.54) is 41.7 Å². The summed E-state index contributed by atoms with van der Waals surface area (Å²) in [5.74, 6) is 0.778. The second-order valence-electron chi connectivity index (χ2n) is 15.3. The molecule has 0 N–H and O–H groups in total. The van der Waals surface area contributed by atoms with Crippen molar-refractivity contribution < 1.29 is 4.42 Å². The van der Waals surface area contributed by atoms with Crippen molar-refractivity contribution in [3.05, 3.63) is 193 Å². The van der Waals surface area contributed by atoms with E-state index in [4.69, 9.17) is 14.4 Å². The van der Waals surface area contributed by atoms with Crippen molar-refractivity contribution in [1.29, 1.82) is 0 Å². The Bertz CT molecular complexity index is 3560. The van der Waals surface area contributed by atoms with Crippen LogP contribution in [0, 0.1) is 5.92 Å². The smallest absolute Gasteiger partial charge is 0.160 e. The normalized spacial score (nSPS) is 15.9. The second-order valence-corrected chi connectivity index (χ2v) is 16.4. The first-order chi connectivity index (χ1) is 28.7. The number of fused-ring (bicyclic) bond motifs is 10. The van der Waals surface area contributed by atoms with Crippen LogP contribution >= 0.6 is 11.3 Å². The molecular formula is C53H35N3OS. The number of allylic oxidation sites excluding steroid dienone is 1. The number of rotatable bonds is 4. The van der Waals surface area contributed by atoms with Crippen molar-refractivity contribution in [3.63, 3.8) is 0 Å². The van der Waals surface area contributed by atoms with E-state index in [0.717, 1.165) is 73.2 Å². The second kappa shape index (κ2) is 13.0. The van der Waals surface area contributed by atoms with Gasteiger partial charge in [0, 0.05) is 53.2 Å². The molecule has 0 saturated carbocycles. The molecule has 1 aliphatic rings. The molecule has 8 aromatic carbocycles. The Hall–Kier alpha value is -7.08. The fourth-order valence-corrected chi connectivity index (χ4v) is 10.1. The van der Waals surface area contributed by atoms with Gasteiger partial charge in [0.15, 0.2) is 5.84 Å². The molecule has 12 rings (SSSR count). The van der Waals surface area contributed by atoms with Crippen LogP contribution < -0.4 is 0 Å². The molecule has 58 heavy (non-hydrogen) atoms. The number of furan rings is 1. The van der Waals surface area contributed by atoms with Gasteiger partial charge in [-0.25, -0.2) is 9.98 Å². The summed E-state index contributed by atoms with van der Waals surface area (Å²) in [4.78, 5) is 11.2. The van der Waals surface area contributed by atoms with E-state index in [0.29, 0.717) is 5.84 Å². The van der Waals surface area contributed by atoms with Crippen LogP contribution in [-0.4, -0.2) is 16.1 Å². The Labute approximate surface area is 338 Å². The molecule has 5 heteroatoms. The highest BCUT2D eigenvalue weighted by Crippen LogP contribution is 2.43. The summed E-state index contributed by atoms with van der Waals surface area (Å²) < 4.78 is 11.9. The number of aromatic nitrogens is 1. The molecule has 1 aliphatic heterocycles. The lowest BCUT2D eigenvalue weighted by Gasteiger charge is -2.20. The lowest BCUT2D eigenvalue weighted by molar-refractivity contribution is 0.667. The minimum atomic E-state index is 0.101. The molecule has 1 unspecified atom stereocenters. The SMILES string of the molecule is CC1C/C=C(\c2c(-n3c4ccccc4c4cc5ccccc5cc43)ccc3c2oc2ccccc23)N=C(c2ccccc2)N=C1c1ccc2sc3ccccc3c2c1. The lowest BCUT2D eigenvalue weighted by atomic mass is 9.92. The summed E-state index contributed by atoms with van der Waals surface area (Å²) >= 11 is 1.84. The van der Waals surface area contributed by atoms with Crippen LogP contribution in [0.4, 0.5) is 0 Å². The molecule has 0 saturated heterocycles. The summed E-state index contributed by atoms with van der Waals surface area (Å²) in [7, 11) is 0. The zero-order valence-corrected chi connectivity index (χ0v) is 32.5. The molecule has 0 spiro atoms. The summed E-state index contributed by atoms with van der Waals surface area (Å²) in [5.41, 5.74) is 9.88. The molecule has 274 valence electrons. The monoisotopic (exact) mass is 761 g/mol. The van der Waals surface area contributed by atoms with Gasteiger partial charge in [-0.3, -0.25) is 0 Å². The standard InChI is InChI=1S/C53H35N3OS/c1-32-23-26-43(54-53(33-13-3-2-4-14-33)55-51(32)36-24-28-49-42(30-36)39-19-9-12-22-48(39)58-49)50-45(27-25-40-38-18-8-11-21-47(38)57-52(40)50)56-44-20-10-7-17-37(44)41-29-34-15-5-6-16-35(34)31-46(41)56/h2-22,24-32H,23H2,1H3/b43-26+,54-53?,55-51?. The first kappa shape index (κ1) is 33.1. The summed E-state index contributed by atoms with van der Waals surface area (Å²) in [5, 5.41) is 9.54. The van der Waals surface area contributed by atoms with Gasteiger partial charge in [0.2, 0.25) is 0 Å². The predicted molar refractivity (Wildman–Crippen MR) is 246 cm³/mol. The maximum absolute atomic E-state index is 6.91. The van der Waals surface area contributed by atoms with Gasteiger partial charge in [-0.1, -0.05) is 128 Å². The van der Waals surface area contributed by atoms with Crippen molar-refractivity contribution in [2.24, 2.45) is 15.9 Å². The van der Waals surface area contributed by atoms with Gasteiger partial charge < -0.3 is 8.98 Å². The highest BCUT2D eigenvalue weighted by atomic mass is 32.1. The number of nitrogens with zero attached hydrogens (tertiary/aromatic N) is 3. The first-order valence-corrected chi connectivity index (χ1v) is 20.7. The molecule has 0 aliphatic carbocycles. The van der Waals surface area contributed by atoms with E-state index in [-0.39, 0.29) is 5.92 Å². The largest absolute Gasteiger partial charge is 0.455 e. The Kier molecular flexibility index (Phi) is 7.41. The van der Waals surface area contributed by atoms with Crippen LogP contribution in [0.15, 0.2) is 190 Å². The van der Waals surface area contributed by atoms with Crippen LogP contribution in [0.5, 0.6) is 0 Å². The van der Waals surface area contributed by atoms with Gasteiger partial charge >= 0.3 is 0 Å². The van der Waals surface area contributed by atoms with Gasteiger partial charge in [-0.05, 0) is 77.4 Å². The van der Waals surface area contributed by atoms with E-state index in [9.17, 15) is 0 Å². The Morgan fingerprint density at radius 1 is 0.552 bits per heavy atom. The van der Waals surface area contributed by atoms with Crippen molar-refractivity contribution in [1.82, 2.24) is 4.57 Å². The maximum atomic E-state index is 6.91. The van der Waals surface area contributed by atoms with Gasteiger partial charge in [-0.15, -0.1) is 11.3 Å². The molecule has 3 aromatic heterocycles. The Morgan fingerprint density at radius 2 is 1.28 bits per heavy atom. The third-order valence-corrected chi connectivity index (χ3v) is 13.0. The minimum Gasteiger partial charge on any atom is -0.455 e. The predicted octanol–water partition coefficient (Wildman–Crippen LogP) is 14.5. The Balaban J connectivity index is 1.14. The van der Waals surface area contributed by atoms with Crippen LogP contribution in [-0.2, 0) is 0 Å². The van der Waals surface area contributed by atoms with Gasteiger partial charge in [0.1, 0.15) is 11.2 Å². The Morgan fingerprint density at radius 3 is 2.16 bits per heavy atom. The molecule has 4 heterocycles. The fourth-order valence-electron chi connectivity index (χ4n) is 9.04. The average molecular weight is 762 g/mol. The minimum absolute atomic E-state index is 0.101. The first-order valence-electron chi connectivity index (χ1n) is 19.9. The van der Waals surface area contributed by atoms with E-state index >= 15 is 0 Å². The molecule has 4 nitrogen and oxygen atoms in total. The average Bonchev–Trinajstić information content (AvgIpc) is 3.94. The molecule has 0 fully saturated rings. The van der Waals surface area contributed by atoms with Crippen LogP contribution in [0.1, 0.15) is 30.0 Å². The van der Waals surface area contributed by atoms with E-state index in [1.54, 1.807) is 0 Å². The number of para-hydroxylation sites is 2. The van der Waals surface area contributed by atoms with Gasteiger partial charge in [0.25, 0.3) is 0 Å². The van der Waals surface area contributed by atoms with Crippen LogP contribution in [0.25, 0.3) is 86.1 Å². The number of amidine groups is 1. The topological polar surface area (TPSA) is 42.8 Å². The van der Waals surface area contributed by atoms with Gasteiger partial charge in [0.05, 0.1) is 33.7 Å². The van der Waals surface area contributed by atoms with Gasteiger partial charge in [-0.2, -0.15) is 0 Å². The third-order valence-electron chi connectivity index (χ3n) is 11.9. The van der Waals surface area contributed by atoms with E-state index < -0.39 is 0 Å². The van der Waals surface area contributed by atoms with Crippen molar-refractivity contribution in [2.45, 2.75) is 13.3 Å². The number of benzene rings is 8. The third kappa shape index (κ3) is 5.13. The lowest BCUT2D eigenvalue weighted by Crippen LogP contribution is -2.17. The highest BCUT2D eigenvalue weighted by molar-refractivity contribution is 7.25. The summed E-state index contributed by atoms with van der Waals surface area (Å²) in [6.07, 6.45) is 3.06. The number of hydrogen-bond donors (Lipinski definition) is 0. The van der Waals surface area contributed by atoms with Crippen molar-refractivity contribution in [3.8, 4) is 5.69 Å². The summed E-state index contributed by atoms with van der Waals surface area (Å²) in [6, 6.07) is 60.7. The fraction of sp³-hybridized carbons (Fsp3) is 0.0566. The van der Waals surface area contributed by atoms with Crippen molar-refractivity contribution in [2.75, 3.05) is 0 Å². The number of thiophene rings is 1. The summed E-state index contributed by atoms with van der Waals surface area (Å²) in [6.45, 7) is 2.29. The maximum Gasteiger partial charge on any atom is 0.160 e. The molecular weight excluding hydrogens is 727 g/mol. The van der Waals surface area contributed by atoms with Crippen LogP contribution in [0.2, 0.25) is 0 Å². The zero-order chi connectivity index (χ0) is 38.3. The number of hydrogen-bond acceptors (Lipinski definition) is 4. The highest BCUT2D eigenvalue weighted by Gasteiger charge is 2.25. The molecule has 0 amide bonds. The van der Waals surface area contributed by atoms with E-state index in [1.807, 2.05) is 23.5 Å². The molecule has 0 radical (unpaired) electrons. The van der Waals surface area contributed by atoms with Crippen molar-refractivity contribution >= 4 is 103 Å². The zero-order valence-electron chi connectivity index (χ0n) is 31.7. The van der Waals surface area contributed by atoms with Crippen LogP contribution in [0.3, 0.4) is 0 Å². The quantitative estimate of drug-likeness (QED) is 0.176. The van der Waals surface area contributed by atoms with E-state index in [2.05, 4.69) is 175 Å². The molecule has 11 aromatic rings. The molecule has 1 atom stereocenters. The number of aliphatic imine (C=N–C) groups is 2. The molecule has 0 bridgehead atoms.